The molecular weight excluding hydrogens is 467 g/mol. The SMILES string of the molecule is O=CC12c3ccccc3C(c3ccccc31)[C@@H]1C(=O)N(c3ccc(Cl)c(C(F)(F)F)c3)C(=O)[C@@H]12. The van der Waals surface area contributed by atoms with Gasteiger partial charge < -0.3 is 4.79 Å². The zero-order valence-corrected chi connectivity index (χ0v) is 18.1. The number of halogens is 4. The molecule has 1 heterocycles. The van der Waals surface area contributed by atoms with Crippen LogP contribution in [-0.4, -0.2) is 18.1 Å². The van der Waals surface area contributed by atoms with Crippen LogP contribution in [0.5, 0.6) is 0 Å². The first kappa shape index (κ1) is 21.1. The van der Waals surface area contributed by atoms with Crippen LogP contribution < -0.4 is 4.90 Å². The van der Waals surface area contributed by atoms with Gasteiger partial charge in [0.05, 0.1) is 33.5 Å². The van der Waals surface area contributed by atoms with E-state index in [2.05, 4.69) is 0 Å². The number of anilines is 1. The van der Waals surface area contributed by atoms with Crippen molar-refractivity contribution < 1.29 is 27.6 Å². The predicted octanol–water partition coefficient (Wildman–Crippen LogP) is 5.11. The number of hydrogen-bond donors (Lipinski definition) is 0. The molecule has 2 amide bonds. The zero-order valence-electron chi connectivity index (χ0n) is 17.3. The quantitative estimate of drug-likeness (QED) is 0.377. The monoisotopic (exact) mass is 481 g/mol. The number of hydrogen-bond acceptors (Lipinski definition) is 3. The number of imide groups is 1. The van der Waals surface area contributed by atoms with Gasteiger partial charge in [-0.15, -0.1) is 0 Å². The summed E-state index contributed by atoms with van der Waals surface area (Å²) in [5.74, 6) is -3.77. The number of rotatable bonds is 2. The minimum atomic E-state index is -4.76. The lowest BCUT2D eigenvalue weighted by atomic mass is 9.48. The van der Waals surface area contributed by atoms with Crippen LogP contribution in [0.25, 0.3) is 0 Å². The number of aldehydes is 1. The van der Waals surface area contributed by atoms with Gasteiger partial charge in [-0.05, 0) is 40.5 Å². The third-order valence-corrected chi connectivity index (χ3v) is 7.71. The van der Waals surface area contributed by atoms with Crippen LogP contribution in [0, 0.1) is 11.8 Å². The highest BCUT2D eigenvalue weighted by atomic mass is 35.5. The average molecular weight is 482 g/mol. The maximum absolute atomic E-state index is 13.8. The van der Waals surface area contributed by atoms with E-state index in [-0.39, 0.29) is 5.69 Å². The third-order valence-electron chi connectivity index (χ3n) is 7.38. The Bertz CT molecular complexity index is 1370. The van der Waals surface area contributed by atoms with E-state index in [1.165, 1.54) is 6.07 Å². The lowest BCUT2D eigenvalue weighted by Crippen LogP contribution is -2.54. The van der Waals surface area contributed by atoms with E-state index in [0.29, 0.717) is 17.2 Å². The molecule has 7 rings (SSSR count). The summed E-state index contributed by atoms with van der Waals surface area (Å²) in [5.41, 5.74) is 0.119. The molecule has 4 nitrogen and oxygen atoms in total. The van der Waals surface area contributed by atoms with Gasteiger partial charge in [-0.1, -0.05) is 60.1 Å². The summed E-state index contributed by atoms with van der Waals surface area (Å²) < 4.78 is 40.5. The first-order chi connectivity index (χ1) is 16.2. The third kappa shape index (κ3) is 2.42. The first-order valence-corrected chi connectivity index (χ1v) is 11.0. The molecule has 0 unspecified atom stereocenters. The van der Waals surface area contributed by atoms with Crippen LogP contribution in [0.15, 0.2) is 66.7 Å². The summed E-state index contributed by atoms with van der Waals surface area (Å²) in [4.78, 5) is 41.2. The molecule has 170 valence electrons. The first-order valence-electron chi connectivity index (χ1n) is 10.6. The summed E-state index contributed by atoms with van der Waals surface area (Å²) in [6.45, 7) is 0. The van der Waals surface area contributed by atoms with Crippen molar-refractivity contribution in [3.63, 3.8) is 0 Å². The number of carbonyl (C=O) groups excluding carboxylic acids is 3. The van der Waals surface area contributed by atoms with E-state index in [0.717, 1.165) is 28.4 Å². The van der Waals surface area contributed by atoms with Crippen molar-refractivity contribution in [2.75, 3.05) is 4.90 Å². The highest BCUT2D eigenvalue weighted by Gasteiger charge is 2.68. The highest BCUT2D eigenvalue weighted by Crippen LogP contribution is 2.63. The van der Waals surface area contributed by atoms with E-state index >= 15 is 0 Å². The van der Waals surface area contributed by atoms with Crippen LogP contribution in [0.2, 0.25) is 5.02 Å². The lowest BCUT2D eigenvalue weighted by molar-refractivity contribution is -0.137. The lowest BCUT2D eigenvalue weighted by Gasteiger charge is -2.51. The average Bonchev–Trinajstić information content (AvgIpc) is 3.09. The minimum absolute atomic E-state index is 0.213. The molecule has 34 heavy (non-hydrogen) atoms. The van der Waals surface area contributed by atoms with Crippen molar-refractivity contribution in [1.82, 2.24) is 0 Å². The molecule has 2 bridgehead atoms. The maximum Gasteiger partial charge on any atom is 0.417 e. The second-order valence-corrected chi connectivity index (χ2v) is 9.22. The van der Waals surface area contributed by atoms with Gasteiger partial charge in [0.1, 0.15) is 6.29 Å². The Kier molecular flexibility index (Phi) is 4.22. The van der Waals surface area contributed by atoms with Crippen molar-refractivity contribution in [3.05, 3.63) is 99.6 Å². The molecule has 1 saturated heterocycles. The fraction of sp³-hybridized carbons (Fsp3) is 0.192. The number of nitrogens with zero attached hydrogens (tertiary/aromatic N) is 1. The smallest absolute Gasteiger partial charge is 0.302 e. The Hall–Kier alpha value is -3.45. The van der Waals surface area contributed by atoms with Crippen molar-refractivity contribution in [1.29, 1.82) is 0 Å². The van der Waals surface area contributed by atoms with Crippen LogP contribution in [0.4, 0.5) is 18.9 Å². The molecule has 0 N–H and O–H groups in total. The number of carbonyl (C=O) groups is 3. The van der Waals surface area contributed by atoms with Crippen LogP contribution in [0.1, 0.15) is 33.7 Å². The van der Waals surface area contributed by atoms with Gasteiger partial charge in [-0.2, -0.15) is 13.2 Å². The van der Waals surface area contributed by atoms with E-state index in [4.69, 9.17) is 11.6 Å². The molecule has 1 aliphatic heterocycles. The minimum Gasteiger partial charge on any atom is -0.302 e. The molecule has 4 aliphatic rings. The molecule has 3 aliphatic carbocycles. The predicted molar refractivity (Wildman–Crippen MR) is 117 cm³/mol. The molecule has 0 spiro atoms. The van der Waals surface area contributed by atoms with E-state index in [1.807, 2.05) is 24.3 Å². The van der Waals surface area contributed by atoms with Gasteiger partial charge in [0, 0.05) is 5.92 Å². The largest absolute Gasteiger partial charge is 0.417 e. The van der Waals surface area contributed by atoms with Crippen LogP contribution in [0.3, 0.4) is 0 Å². The molecule has 0 saturated carbocycles. The van der Waals surface area contributed by atoms with E-state index in [1.54, 1.807) is 24.3 Å². The van der Waals surface area contributed by atoms with E-state index < -0.39 is 51.7 Å². The number of benzene rings is 3. The molecule has 3 aromatic rings. The van der Waals surface area contributed by atoms with Gasteiger partial charge in [-0.25, -0.2) is 4.90 Å². The van der Waals surface area contributed by atoms with E-state index in [9.17, 15) is 27.6 Å². The fourth-order valence-electron chi connectivity index (χ4n) is 6.15. The van der Waals surface area contributed by atoms with Gasteiger partial charge in [0.15, 0.2) is 0 Å². The maximum atomic E-state index is 13.8. The van der Waals surface area contributed by atoms with Crippen LogP contribution >= 0.6 is 11.6 Å². The summed E-state index contributed by atoms with van der Waals surface area (Å²) >= 11 is 5.75. The molecule has 0 aromatic heterocycles. The fourth-order valence-corrected chi connectivity index (χ4v) is 6.38. The normalized spacial score (nSPS) is 26.8. The van der Waals surface area contributed by atoms with Gasteiger partial charge in [-0.3, -0.25) is 9.59 Å². The molecule has 1 fully saturated rings. The van der Waals surface area contributed by atoms with Crippen molar-refractivity contribution >= 4 is 35.4 Å². The summed E-state index contributed by atoms with van der Waals surface area (Å²) in [6.07, 6.45) is -4.05. The van der Waals surface area contributed by atoms with Gasteiger partial charge >= 0.3 is 6.18 Å². The second-order valence-electron chi connectivity index (χ2n) is 8.82. The summed E-state index contributed by atoms with van der Waals surface area (Å²) in [7, 11) is 0. The van der Waals surface area contributed by atoms with Gasteiger partial charge in [0.25, 0.3) is 0 Å². The highest BCUT2D eigenvalue weighted by molar-refractivity contribution is 6.32. The molecule has 8 heteroatoms. The number of amides is 2. The van der Waals surface area contributed by atoms with Gasteiger partial charge in [0.2, 0.25) is 11.8 Å². The van der Waals surface area contributed by atoms with Crippen molar-refractivity contribution in [2.45, 2.75) is 17.5 Å². The Morgan fingerprint density at radius 3 is 2.03 bits per heavy atom. The Morgan fingerprint density at radius 2 is 1.47 bits per heavy atom. The molecule has 0 radical (unpaired) electrons. The summed E-state index contributed by atoms with van der Waals surface area (Å²) in [5, 5.41) is -0.531. The zero-order chi connectivity index (χ0) is 24.0. The Balaban J connectivity index is 1.59. The molecular formula is C26H15ClF3NO3. The molecule has 2 atom stereocenters. The standard InChI is InChI=1S/C26H15ClF3NO3/c27-19-10-9-13(11-18(19)26(28,29)30)31-23(33)21-20-14-5-1-3-7-16(14)25(12-32,22(21)24(31)34)17-8-4-2-6-15(17)20/h1-12,20-22H/t20?,21-,22+,25?/m0/s1. The summed E-state index contributed by atoms with van der Waals surface area (Å²) in [6, 6.07) is 17.4. The topological polar surface area (TPSA) is 54.5 Å². The molecule has 3 aromatic carbocycles. The Morgan fingerprint density at radius 1 is 0.882 bits per heavy atom. The number of alkyl halides is 3. The van der Waals surface area contributed by atoms with Crippen molar-refractivity contribution in [3.8, 4) is 0 Å². The second kappa shape index (κ2) is 6.79. The Labute approximate surface area is 196 Å². The van der Waals surface area contributed by atoms with Crippen LogP contribution in [-0.2, 0) is 26.0 Å². The van der Waals surface area contributed by atoms with Crippen molar-refractivity contribution in [2.24, 2.45) is 11.8 Å².